The van der Waals surface area contributed by atoms with Crippen molar-refractivity contribution in [2.24, 2.45) is 5.41 Å². The highest BCUT2D eigenvalue weighted by molar-refractivity contribution is 5.78. The van der Waals surface area contributed by atoms with Crippen molar-refractivity contribution in [1.29, 1.82) is 0 Å². The van der Waals surface area contributed by atoms with Crippen molar-refractivity contribution in [2.75, 3.05) is 7.11 Å². The fourth-order valence-corrected chi connectivity index (χ4v) is 3.07. The summed E-state index contributed by atoms with van der Waals surface area (Å²) in [6.45, 7) is 4.40. The van der Waals surface area contributed by atoms with Gasteiger partial charge >= 0.3 is 53.6 Å². The van der Waals surface area contributed by atoms with E-state index in [1.54, 1.807) is 0 Å². The zero-order valence-corrected chi connectivity index (χ0v) is 22.0. The number of esters is 1. The Morgan fingerprint density at radius 2 is 1.05 bits per heavy atom. The predicted molar refractivity (Wildman–Crippen MR) is 112 cm³/mol. The van der Waals surface area contributed by atoms with Crippen LogP contribution >= 0.6 is 0 Å². The number of hydrogen-bond donors (Lipinski definition) is 0. The molecule has 0 bridgehead atoms. The van der Waals surface area contributed by atoms with Crippen molar-refractivity contribution < 1.29 is 88.9 Å². The molecule has 20 heteroatoms. The van der Waals surface area contributed by atoms with Crippen LogP contribution in [0.15, 0.2) is 18.2 Å². The minimum absolute atomic E-state index is 0.121. The fourth-order valence-electron chi connectivity index (χ4n) is 3.07. The van der Waals surface area contributed by atoms with Crippen molar-refractivity contribution in [3.05, 3.63) is 23.8 Å². The van der Waals surface area contributed by atoms with Crippen molar-refractivity contribution in [3.63, 3.8) is 0 Å². The zero-order valence-electron chi connectivity index (χ0n) is 22.0. The third-order valence-electron chi connectivity index (χ3n) is 5.79. The van der Waals surface area contributed by atoms with Gasteiger partial charge in [-0.3, -0.25) is 4.79 Å². The number of aryl methyl sites for hydroxylation is 1. The van der Waals surface area contributed by atoms with E-state index in [2.05, 4.69) is 0 Å². The average Bonchev–Trinajstić information content (AvgIpc) is 2.82. The lowest BCUT2D eigenvalue weighted by molar-refractivity contribution is -0.461. The van der Waals surface area contributed by atoms with Gasteiger partial charge in [0.15, 0.2) is 11.5 Å². The van der Waals surface area contributed by atoms with Crippen LogP contribution in [0.3, 0.4) is 0 Å². The highest BCUT2D eigenvalue weighted by Gasteiger charge is 2.95. The average molecular weight is 668 g/mol. The molecule has 0 spiro atoms. The molecular weight excluding hydrogens is 647 g/mol. The molecule has 0 fully saturated rings. The quantitative estimate of drug-likeness (QED) is 0.127. The van der Waals surface area contributed by atoms with Gasteiger partial charge in [0, 0.05) is 6.42 Å². The Morgan fingerprint density at radius 3 is 1.44 bits per heavy atom. The summed E-state index contributed by atoms with van der Waals surface area (Å²) in [6.07, 6.45) is -12.5. The van der Waals surface area contributed by atoms with Gasteiger partial charge in [-0.1, -0.05) is 6.07 Å². The first-order chi connectivity index (χ1) is 18.8. The summed E-state index contributed by atoms with van der Waals surface area (Å²) in [4.78, 5) is 12.0. The molecular formula is C23H21F17O3. The lowest BCUT2D eigenvalue weighted by atomic mass is 9.87. The molecule has 0 radical (unpaired) electrons. The zero-order chi connectivity index (χ0) is 34.5. The van der Waals surface area contributed by atoms with E-state index in [-0.39, 0.29) is 17.1 Å². The first-order valence-electron chi connectivity index (χ1n) is 11.4. The number of carbonyl (C=O) groups is 1. The van der Waals surface area contributed by atoms with E-state index in [0.717, 1.165) is 25.3 Å². The third kappa shape index (κ3) is 6.42. The fraction of sp³-hybridized carbons (Fsp3) is 0.696. The Kier molecular flexibility index (Phi) is 10.1. The minimum Gasteiger partial charge on any atom is -0.493 e. The highest BCUT2D eigenvalue weighted by Crippen LogP contribution is 2.64. The van der Waals surface area contributed by atoms with Crippen LogP contribution in [0.5, 0.6) is 11.5 Å². The summed E-state index contributed by atoms with van der Waals surface area (Å²) in [5.74, 6) is -57.7. The molecule has 0 heterocycles. The van der Waals surface area contributed by atoms with E-state index in [0.29, 0.717) is 0 Å². The summed E-state index contributed by atoms with van der Waals surface area (Å²) in [7, 11) is 1.04. The molecule has 0 unspecified atom stereocenters. The van der Waals surface area contributed by atoms with Crippen LogP contribution in [0.1, 0.15) is 39.2 Å². The lowest BCUT2D eigenvalue weighted by Gasteiger charge is -2.42. The second-order valence-corrected chi connectivity index (χ2v) is 10.1. The Hall–Kier alpha value is -2.70. The molecule has 0 aliphatic rings. The molecule has 0 aliphatic heterocycles. The Bertz CT molecular complexity index is 1150. The maximum Gasteiger partial charge on any atom is 0.460 e. The van der Waals surface area contributed by atoms with Crippen LogP contribution in [0.4, 0.5) is 74.6 Å². The number of benzene rings is 1. The summed E-state index contributed by atoms with van der Waals surface area (Å²) in [6, 6.07) is 3.03. The van der Waals surface area contributed by atoms with Gasteiger partial charge in [0.2, 0.25) is 0 Å². The third-order valence-corrected chi connectivity index (χ3v) is 5.79. The van der Waals surface area contributed by atoms with Crippen molar-refractivity contribution in [1.82, 2.24) is 0 Å². The second-order valence-electron chi connectivity index (χ2n) is 10.1. The van der Waals surface area contributed by atoms with Gasteiger partial charge in [0.1, 0.15) is 0 Å². The monoisotopic (exact) mass is 668 g/mol. The highest BCUT2D eigenvalue weighted by atomic mass is 19.4. The Morgan fingerprint density at radius 1 is 0.628 bits per heavy atom. The van der Waals surface area contributed by atoms with Crippen molar-refractivity contribution >= 4 is 5.97 Å². The number of ether oxygens (including phenoxy) is 2. The molecule has 43 heavy (non-hydrogen) atoms. The first kappa shape index (κ1) is 38.3. The van der Waals surface area contributed by atoms with Gasteiger partial charge in [0.25, 0.3) is 0 Å². The molecule has 3 nitrogen and oxygen atoms in total. The van der Waals surface area contributed by atoms with Gasteiger partial charge in [-0.25, -0.2) is 0 Å². The molecule has 0 amide bonds. The van der Waals surface area contributed by atoms with Crippen LogP contribution in [-0.2, 0) is 11.2 Å². The number of methoxy groups -OCH3 is 1. The normalized spacial score (nSPS) is 15.0. The number of carbonyl (C=O) groups excluding carboxylic acids is 1. The van der Waals surface area contributed by atoms with Gasteiger partial charge < -0.3 is 9.47 Å². The van der Waals surface area contributed by atoms with Crippen molar-refractivity contribution in [3.8, 4) is 11.5 Å². The molecule has 1 aromatic rings. The largest absolute Gasteiger partial charge is 0.493 e. The number of rotatable bonds is 12. The summed E-state index contributed by atoms with van der Waals surface area (Å²) >= 11 is 0. The molecule has 0 N–H and O–H groups in total. The molecule has 1 rings (SSSR count). The summed E-state index contributed by atoms with van der Waals surface area (Å²) < 4.78 is 237. The maximum absolute atomic E-state index is 14.1. The van der Waals surface area contributed by atoms with Gasteiger partial charge in [-0.15, -0.1) is 0 Å². The van der Waals surface area contributed by atoms with E-state index >= 15 is 0 Å². The topological polar surface area (TPSA) is 35.5 Å². The number of alkyl halides is 17. The van der Waals surface area contributed by atoms with Crippen molar-refractivity contribution in [2.45, 2.75) is 87.7 Å². The molecule has 1 aromatic carbocycles. The number of halogens is 17. The standard InChI is InChI=1S/C23H21F17O3/c1-15(2,3)14(41)43-12-8-7-11(10-13(12)42-4)6-5-9-16(24,25)17(26,27)18(28,29)19(30,31)20(32,33)21(34,35)22(36,37)23(38,39)40/h7-8,10H,5-6,9H2,1-4H3. The molecule has 0 saturated heterocycles. The van der Waals surface area contributed by atoms with E-state index in [1.165, 1.54) is 20.8 Å². The minimum atomic E-state index is -8.66. The Labute approximate surface area is 231 Å². The maximum atomic E-state index is 14.1. The van der Waals surface area contributed by atoms with E-state index in [1.807, 2.05) is 0 Å². The van der Waals surface area contributed by atoms with Crippen LogP contribution in [0.25, 0.3) is 0 Å². The van der Waals surface area contributed by atoms with Gasteiger partial charge in [-0.05, 0) is 51.3 Å². The predicted octanol–water partition coefficient (Wildman–Crippen LogP) is 8.98. The SMILES string of the molecule is COc1cc(CCCC(F)(F)C(F)(F)C(F)(F)C(F)(F)C(F)(F)C(F)(F)C(F)(F)C(F)(F)F)ccc1OC(=O)C(C)(C)C. The summed E-state index contributed by atoms with van der Waals surface area (Å²) in [5.41, 5.74) is -1.14. The number of hydrogen-bond acceptors (Lipinski definition) is 3. The first-order valence-corrected chi connectivity index (χ1v) is 11.4. The molecule has 250 valence electrons. The molecule has 0 aliphatic carbocycles. The molecule has 0 saturated carbocycles. The summed E-state index contributed by atoms with van der Waals surface area (Å²) in [5, 5.41) is 0. The smallest absolute Gasteiger partial charge is 0.460 e. The van der Waals surface area contributed by atoms with Crippen LogP contribution < -0.4 is 9.47 Å². The van der Waals surface area contributed by atoms with Gasteiger partial charge in [0.05, 0.1) is 12.5 Å². The molecule has 0 atom stereocenters. The van der Waals surface area contributed by atoms with E-state index in [4.69, 9.17) is 9.47 Å². The van der Waals surface area contributed by atoms with Crippen LogP contribution in [0.2, 0.25) is 0 Å². The van der Waals surface area contributed by atoms with Gasteiger partial charge in [-0.2, -0.15) is 74.6 Å². The Balaban J connectivity index is 3.28. The second kappa shape index (κ2) is 11.3. The van der Waals surface area contributed by atoms with Crippen LogP contribution in [0, 0.1) is 5.41 Å². The van der Waals surface area contributed by atoms with E-state index in [9.17, 15) is 79.4 Å². The van der Waals surface area contributed by atoms with E-state index < -0.39 is 78.3 Å². The van der Waals surface area contributed by atoms with Crippen LogP contribution in [-0.4, -0.2) is 60.7 Å². The molecule has 0 aromatic heterocycles. The lowest BCUT2D eigenvalue weighted by Crippen LogP contribution is -2.74.